The van der Waals surface area contributed by atoms with E-state index in [1.807, 2.05) is 0 Å². The van der Waals surface area contributed by atoms with Gasteiger partial charge in [-0.2, -0.15) is 22.0 Å². The van der Waals surface area contributed by atoms with Gasteiger partial charge in [-0.25, -0.2) is 23.5 Å². The molecule has 0 spiro atoms. The molecule has 0 saturated heterocycles. The maximum atomic E-state index is 14.2. The van der Waals surface area contributed by atoms with E-state index >= 15 is 0 Å². The van der Waals surface area contributed by atoms with Crippen LogP contribution in [0.1, 0.15) is 25.0 Å². The second kappa shape index (κ2) is 9.45. The largest absolute Gasteiger partial charge is 0.390 e. The Balaban J connectivity index is 1.77. The highest BCUT2D eigenvalue weighted by molar-refractivity contribution is 6.30. The fourth-order valence-corrected chi connectivity index (χ4v) is 3.55. The van der Waals surface area contributed by atoms with E-state index in [-0.39, 0.29) is 17.3 Å². The molecule has 0 aliphatic heterocycles. The highest BCUT2D eigenvalue weighted by Gasteiger charge is 2.33. The van der Waals surface area contributed by atoms with E-state index in [2.05, 4.69) is 15.2 Å². The van der Waals surface area contributed by atoms with Crippen molar-refractivity contribution in [2.45, 2.75) is 38.5 Å². The number of nitrogens with zero attached hydrogens (tertiary/aromatic N) is 6. The summed E-state index contributed by atoms with van der Waals surface area (Å²) >= 11 is 5.87. The Morgan fingerprint density at radius 1 is 1.00 bits per heavy atom. The highest BCUT2D eigenvalue weighted by Crippen LogP contribution is 2.28. The van der Waals surface area contributed by atoms with E-state index in [1.54, 1.807) is 0 Å². The van der Waals surface area contributed by atoms with Crippen LogP contribution in [-0.4, -0.2) is 35.3 Å². The molecule has 0 aliphatic carbocycles. The number of alkyl halides is 5. The minimum Gasteiger partial charge on any atom is -0.275 e. The van der Waals surface area contributed by atoms with Crippen LogP contribution in [0.3, 0.4) is 0 Å². The molecular formula is C22H17ClF6N6O. The van der Waals surface area contributed by atoms with Crippen LogP contribution < -0.4 is 5.69 Å². The van der Waals surface area contributed by atoms with Gasteiger partial charge in [-0.1, -0.05) is 17.7 Å². The van der Waals surface area contributed by atoms with Crippen LogP contribution in [0.5, 0.6) is 0 Å². The summed E-state index contributed by atoms with van der Waals surface area (Å²) in [5.74, 6) is -5.34. The molecule has 0 unspecified atom stereocenters. The number of rotatable bonds is 7. The monoisotopic (exact) mass is 530 g/mol. The predicted octanol–water partition coefficient (Wildman–Crippen LogP) is 5.20. The van der Waals surface area contributed by atoms with Crippen molar-refractivity contribution in [3.63, 3.8) is 0 Å². The number of hydrogen-bond acceptors (Lipinski definition) is 4. The molecule has 0 bridgehead atoms. The first-order valence-electron chi connectivity index (χ1n) is 10.4. The fraction of sp³-hybridized carbons (Fsp3) is 0.273. The molecule has 2 aromatic carbocycles. The van der Waals surface area contributed by atoms with Crippen LogP contribution in [0.4, 0.5) is 26.3 Å². The van der Waals surface area contributed by atoms with Gasteiger partial charge in [-0.15, -0.1) is 10.2 Å². The molecule has 0 radical (unpaired) electrons. The fourth-order valence-electron chi connectivity index (χ4n) is 3.42. The van der Waals surface area contributed by atoms with E-state index in [1.165, 1.54) is 36.4 Å². The third-order valence-electron chi connectivity index (χ3n) is 5.03. The minimum atomic E-state index is -4.54. The molecule has 7 nitrogen and oxygen atoms in total. The van der Waals surface area contributed by atoms with E-state index in [4.69, 9.17) is 11.6 Å². The summed E-state index contributed by atoms with van der Waals surface area (Å²) in [6.07, 6.45) is -5.83. The van der Waals surface area contributed by atoms with Crippen LogP contribution in [-0.2, 0) is 19.0 Å². The van der Waals surface area contributed by atoms with Crippen molar-refractivity contribution in [3.8, 4) is 17.1 Å². The molecule has 190 valence electrons. The Hall–Kier alpha value is -3.61. The zero-order chi connectivity index (χ0) is 26.3. The Labute approximate surface area is 204 Å². The van der Waals surface area contributed by atoms with Gasteiger partial charge in [-0.3, -0.25) is 4.57 Å². The average Bonchev–Trinajstić information content (AvgIpc) is 3.34. The summed E-state index contributed by atoms with van der Waals surface area (Å²) in [6, 6.07) is 10.7. The summed E-state index contributed by atoms with van der Waals surface area (Å²) in [5, 5.41) is 8.46. The quantitative estimate of drug-likeness (QED) is 0.308. The average molecular weight is 531 g/mol. The van der Waals surface area contributed by atoms with Gasteiger partial charge in [0.25, 0.3) is 0 Å². The Kier molecular flexibility index (Phi) is 6.69. The van der Waals surface area contributed by atoms with E-state index in [9.17, 15) is 31.1 Å². The Bertz CT molecular complexity index is 1440. The van der Waals surface area contributed by atoms with Crippen molar-refractivity contribution in [1.29, 1.82) is 0 Å². The van der Waals surface area contributed by atoms with Crippen molar-refractivity contribution >= 4 is 11.6 Å². The summed E-state index contributed by atoms with van der Waals surface area (Å²) in [6.45, 7) is -0.666. The first kappa shape index (κ1) is 25.5. The number of benzene rings is 2. The van der Waals surface area contributed by atoms with Crippen molar-refractivity contribution in [2.75, 3.05) is 0 Å². The molecule has 0 N–H and O–H groups in total. The lowest BCUT2D eigenvalue weighted by molar-refractivity contribution is -0.136. The summed E-state index contributed by atoms with van der Waals surface area (Å²) < 4.78 is 83.2. The zero-order valence-corrected chi connectivity index (χ0v) is 19.2. The van der Waals surface area contributed by atoms with Gasteiger partial charge in [-0.05, 0) is 42.5 Å². The SMILES string of the molecule is CC(F)(F)c1nc(Cn2nc(-c3ccc(Cl)cc3)n(CCC(F)(F)F)c2=O)nn1-c1cccc(F)c1. The molecule has 2 heterocycles. The van der Waals surface area contributed by atoms with Crippen LogP contribution in [0.25, 0.3) is 17.1 Å². The molecule has 0 saturated carbocycles. The second-order valence-electron chi connectivity index (χ2n) is 7.92. The molecule has 4 rings (SSSR count). The second-order valence-corrected chi connectivity index (χ2v) is 8.36. The molecule has 0 atom stereocenters. The van der Waals surface area contributed by atoms with Gasteiger partial charge in [0.1, 0.15) is 12.4 Å². The molecule has 4 aromatic rings. The summed E-state index contributed by atoms with van der Waals surface area (Å²) in [5.41, 5.74) is -0.636. The standard InChI is InChI=1S/C22H17ClF6N6O/c1-21(25,26)19-30-17(31-35(19)16-4-2-3-15(24)11-16)12-34-20(36)33(10-9-22(27,28)29)18(32-34)13-5-7-14(23)8-6-13/h2-8,11H,9-10,12H2,1H3. The summed E-state index contributed by atoms with van der Waals surface area (Å²) in [4.78, 5) is 16.8. The van der Waals surface area contributed by atoms with Crippen molar-refractivity contribution in [1.82, 2.24) is 29.1 Å². The number of halogens is 7. The Morgan fingerprint density at radius 2 is 1.69 bits per heavy atom. The number of aromatic nitrogens is 6. The normalized spacial score (nSPS) is 12.3. The van der Waals surface area contributed by atoms with E-state index in [0.29, 0.717) is 17.5 Å². The van der Waals surface area contributed by atoms with E-state index < -0.39 is 48.9 Å². The molecule has 14 heteroatoms. The molecule has 0 fully saturated rings. The molecular weight excluding hydrogens is 514 g/mol. The van der Waals surface area contributed by atoms with E-state index in [0.717, 1.165) is 26.1 Å². The van der Waals surface area contributed by atoms with Crippen molar-refractivity contribution in [3.05, 3.63) is 81.5 Å². The third kappa shape index (κ3) is 5.61. The lowest BCUT2D eigenvalue weighted by Crippen LogP contribution is -2.27. The van der Waals surface area contributed by atoms with Gasteiger partial charge in [0.05, 0.1) is 12.1 Å². The van der Waals surface area contributed by atoms with Crippen LogP contribution in [0, 0.1) is 5.82 Å². The smallest absolute Gasteiger partial charge is 0.275 e. The topological polar surface area (TPSA) is 70.5 Å². The number of hydrogen-bond donors (Lipinski definition) is 0. The van der Waals surface area contributed by atoms with Gasteiger partial charge in [0, 0.05) is 24.1 Å². The molecule has 36 heavy (non-hydrogen) atoms. The first-order valence-corrected chi connectivity index (χ1v) is 10.8. The van der Waals surface area contributed by atoms with Crippen LogP contribution in [0.2, 0.25) is 5.02 Å². The van der Waals surface area contributed by atoms with Gasteiger partial charge in [0.2, 0.25) is 5.82 Å². The van der Waals surface area contributed by atoms with Gasteiger partial charge in [0.15, 0.2) is 11.6 Å². The lowest BCUT2D eigenvalue weighted by Gasteiger charge is -2.11. The molecule has 0 aliphatic rings. The Morgan fingerprint density at radius 3 is 2.31 bits per heavy atom. The van der Waals surface area contributed by atoms with Crippen LogP contribution in [0.15, 0.2) is 53.3 Å². The predicted molar refractivity (Wildman–Crippen MR) is 118 cm³/mol. The van der Waals surface area contributed by atoms with Crippen LogP contribution >= 0.6 is 11.6 Å². The van der Waals surface area contributed by atoms with Crippen molar-refractivity contribution < 1.29 is 26.3 Å². The van der Waals surface area contributed by atoms with Gasteiger partial charge < -0.3 is 0 Å². The maximum absolute atomic E-state index is 14.2. The lowest BCUT2D eigenvalue weighted by atomic mass is 10.2. The maximum Gasteiger partial charge on any atom is 0.390 e. The van der Waals surface area contributed by atoms with Crippen molar-refractivity contribution in [2.24, 2.45) is 0 Å². The highest BCUT2D eigenvalue weighted by atomic mass is 35.5. The van der Waals surface area contributed by atoms with Gasteiger partial charge >= 0.3 is 17.8 Å². The molecule has 0 amide bonds. The zero-order valence-electron chi connectivity index (χ0n) is 18.5. The molecule has 2 aromatic heterocycles. The third-order valence-corrected chi connectivity index (χ3v) is 5.28. The minimum absolute atomic E-state index is 0.0322. The first-order chi connectivity index (χ1) is 16.8. The summed E-state index contributed by atoms with van der Waals surface area (Å²) in [7, 11) is 0.